The van der Waals surface area contributed by atoms with Gasteiger partial charge in [0.15, 0.2) is 4.34 Å². The SMILES string of the molecule is Cc1cccc(NS(=O)(=O)CCCCSc2nc3cc(C)ccc3s2)c1. The Labute approximate surface area is 163 Å². The molecule has 3 aromatic rings. The average Bonchev–Trinajstić information content (AvgIpc) is 2.95. The summed E-state index contributed by atoms with van der Waals surface area (Å²) in [6, 6.07) is 13.7. The van der Waals surface area contributed by atoms with Crippen molar-refractivity contribution < 1.29 is 8.42 Å². The zero-order chi connectivity index (χ0) is 18.6. The second kappa shape index (κ2) is 8.41. The van der Waals surface area contributed by atoms with Gasteiger partial charge in [-0.05, 0) is 62.1 Å². The van der Waals surface area contributed by atoms with Crippen LogP contribution in [0.3, 0.4) is 0 Å². The molecule has 0 aliphatic heterocycles. The van der Waals surface area contributed by atoms with Crippen molar-refractivity contribution in [2.75, 3.05) is 16.2 Å². The Hall–Kier alpha value is -1.57. The number of aryl methyl sites for hydroxylation is 2. The molecule has 26 heavy (non-hydrogen) atoms. The molecule has 1 aromatic heterocycles. The fourth-order valence-electron chi connectivity index (χ4n) is 2.57. The van der Waals surface area contributed by atoms with Crippen molar-refractivity contribution in [2.45, 2.75) is 31.0 Å². The first-order valence-electron chi connectivity index (χ1n) is 8.48. The first kappa shape index (κ1) is 19.2. The molecule has 0 atom stereocenters. The summed E-state index contributed by atoms with van der Waals surface area (Å²) in [6.07, 6.45) is 1.48. The Balaban J connectivity index is 1.44. The molecule has 1 heterocycles. The highest BCUT2D eigenvalue weighted by atomic mass is 32.2. The van der Waals surface area contributed by atoms with Crippen LogP contribution in [0.4, 0.5) is 5.69 Å². The highest BCUT2D eigenvalue weighted by molar-refractivity contribution is 8.01. The van der Waals surface area contributed by atoms with Crippen molar-refractivity contribution in [1.29, 1.82) is 0 Å². The van der Waals surface area contributed by atoms with Gasteiger partial charge in [-0.3, -0.25) is 4.72 Å². The van der Waals surface area contributed by atoms with Crippen molar-refractivity contribution in [3.63, 3.8) is 0 Å². The number of fused-ring (bicyclic) bond motifs is 1. The first-order chi connectivity index (χ1) is 12.4. The third kappa shape index (κ3) is 5.46. The maximum absolute atomic E-state index is 12.2. The van der Waals surface area contributed by atoms with Crippen LogP contribution in [-0.2, 0) is 10.0 Å². The van der Waals surface area contributed by atoms with Crippen molar-refractivity contribution in [3.8, 4) is 0 Å². The zero-order valence-electron chi connectivity index (χ0n) is 14.9. The zero-order valence-corrected chi connectivity index (χ0v) is 17.3. The molecule has 7 heteroatoms. The van der Waals surface area contributed by atoms with E-state index in [0.717, 1.165) is 27.6 Å². The third-order valence-electron chi connectivity index (χ3n) is 3.85. The normalized spacial score (nSPS) is 11.8. The second-order valence-electron chi connectivity index (χ2n) is 6.30. The lowest BCUT2D eigenvalue weighted by Crippen LogP contribution is -2.16. The van der Waals surface area contributed by atoms with Gasteiger partial charge in [0.05, 0.1) is 16.0 Å². The lowest BCUT2D eigenvalue weighted by atomic mass is 10.2. The quantitative estimate of drug-likeness (QED) is 0.411. The first-order valence-corrected chi connectivity index (χ1v) is 11.9. The maximum atomic E-state index is 12.2. The van der Waals surface area contributed by atoms with Crippen LogP contribution in [0.15, 0.2) is 46.8 Å². The monoisotopic (exact) mass is 406 g/mol. The molecule has 4 nitrogen and oxygen atoms in total. The van der Waals surface area contributed by atoms with Gasteiger partial charge in [0, 0.05) is 11.4 Å². The average molecular weight is 407 g/mol. The molecule has 0 fully saturated rings. The van der Waals surface area contributed by atoms with Crippen LogP contribution < -0.4 is 4.72 Å². The number of anilines is 1. The molecule has 0 saturated heterocycles. The minimum atomic E-state index is -3.29. The molecule has 1 N–H and O–H groups in total. The van der Waals surface area contributed by atoms with Gasteiger partial charge in [-0.15, -0.1) is 11.3 Å². The molecule has 3 rings (SSSR count). The lowest BCUT2D eigenvalue weighted by molar-refractivity contribution is 0.598. The predicted molar refractivity (Wildman–Crippen MR) is 113 cm³/mol. The van der Waals surface area contributed by atoms with E-state index in [0.29, 0.717) is 12.1 Å². The van der Waals surface area contributed by atoms with E-state index >= 15 is 0 Å². The number of sulfonamides is 1. The highest BCUT2D eigenvalue weighted by Gasteiger charge is 2.10. The molecule has 0 aliphatic rings. The number of benzene rings is 2. The molecule has 0 aliphatic carbocycles. The van der Waals surface area contributed by atoms with E-state index < -0.39 is 10.0 Å². The van der Waals surface area contributed by atoms with Crippen LogP contribution in [-0.4, -0.2) is 24.9 Å². The Kier molecular flexibility index (Phi) is 6.21. The molecule has 0 spiro atoms. The Bertz CT molecular complexity index is 997. The summed E-state index contributed by atoms with van der Waals surface area (Å²) in [5.41, 5.74) is 3.92. The summed E-state index contributed by atoms with van der Waals surface area (Å²) < 4.78 is 29.2. The fourth-order valence-corrected chi connectivity index (χ4v) is 5.86. The summed E-state index contributed by atoms with van der Waals surface area (Å²) in [7, 11) is -3.29. The standard InChI is InChI=1S/C19H22N2O2S3/c1-14-6-5-7-16(12-14)21-26(22,23)11-4-3-10-24-19-20-17-13-15(2)8-9-18(17)25-19/h5-9,12-13,21H,3-4,10-11H2,1-2H3. The molecular weight excluding hydrogens is 384 g/mol. The number of hydrogen-bond acceptors (Lipinski definition) is 5. The van der Waals surface area contributed by atoms with Crippen molar-refractivity contribution in [1.82, 2.24) is 4.98 Å². The molecule has 0 amide bonds. The summed E-state index contributed by atoms with van der Waals surface area (Å²) in [4.78, 5) is 4.63. The minimum Gasteiger partial charge on any atom is -0.284 e. The van der Waals surface area contributed by atoms with Gasteiger partial charge in [0.2, 0.25) is 10.0 Å². The van der Waals surface area contributed by atoms with Crippen LogP contribution in [0.5, 0.6) is 0 Å². The Morgan fingerprint density at radius 3 is 2.69 bits per heavy atom. The molecule has 138 valence electrons. The molecule has 0 radical (unpaired) electrons. The molecule has 0 saturated carbocycles. The second-order valence-corrected chi connectivity index (χ2v) is 10.5. The van der Waals surface area contributed by atoms with Gasteiger partial charge < -0.3 is 0 Å². The predicted octanol–water partition coefficient (Wildman–Crippen LogP) is 5.23. The number of hydrogen-bond donors (Lipinski definition) is 1. The maximum Gasteiger partial charge on any atom is 0.232 e. The van der Waals surface area contributed by atoms with Crippen molar-refractivity contribution in [3.05, 3.63) is 53.6 Å². The third-order valence-corrected chi connectivity index (χ3v) is 7.49. The van der Waals surface area contributed by atoms with E-state index in [1.54, 1.807) is 29.2 Å². The molecular formula is C19H22N2O2S3. The van der Waals surface area contributed by atoms with Gasteiger partial charge in [0.1, 0.15) is 0 Å². The van der Waals surface area contributed by atoms with E-state index in [1.165, 1.54) is 10.3 Å². The summed E-state index contributed by atoms with van der Waals surface area (Å²) in [6.45, 7) is 4.01. The van der Waals surface area contributed by atoms with Gasteiger partial charge in [-0.25, -0.2) is 13.4 Å². The van der Waals surface area contributed by atoms with Gasteiger partial charge in [-0.1, -0.05) is 30.0 Å². The van der Waals surface area contributed by atoms with E-state index in [-0.39, 0.29) is 5.75 Å². The van der Waals surface area contributed by atoms with Crippen LogP contribution in [0.1, 0.15) is 24.0 Å². The molecule has 0 unspecified atom stereocenters. The number of nitrogens with one attached hydrogen (secondary N) is 1. The summed E-state index contributed by atoms with van der Waals surface area (Å²) >= 11 is 3.39. The van der Waals surface area contributed by atoms with E-state index in [1.807, 2.05) is 25.1 Å². The Morgan fingerprint density at radius 1 is 1.08 bits per heavy atom. The highest BCUT2D eigenvalue weighted by Crippen LogP contribution is 2.30. The van der Waals surface area contributed by atoms with Crippen molar-refractivity contribution >= 4 is 49.0 Å². The Morgan fingerprint density at radius 2 is 1.88 bits per heavy atom. The largest absolute Gasteiger partial charge is 0.284 e. The smallest absolute Gasteiger partial charge is 0.232 e. The number of nitrogens with zero attached hydrogens (tertiary/aromatic N) is 1. The van der Waals surface area contributed by atoms with Crippen molar-refractivity contribution in [2.24, 2.45) is 0 Å². The number of thioether (sulfide) groups is 1. The van der Waals surface area contributed by atoms with Gasteiger partial charge >= 0.3 is 0 Å². The topological polar surface area (TPSA) is 59.1 Å². The van der Waals surface area contributed by atoms with Crippen LogP contribution in [0.2, 0.25) is 0 Å². The van der Waals surface area contributed by atoms with E-state index in [4.69, 9.17) is 0 Å². The van der Waals surface area contributed by atoms with Crippen LogP contribution in [0, 0.1) is 13.8 Å². The number of thiazole rings is 1. The number of aromatic nitrogens is 1. The summed E-state index contributed by atoms with van der Waals surface area (Å²) in [5.74, 6) is 1.01. The van der Waals surface area contributed by atoms with Gasteiger partial charge in [-0.2, -0.15) is 0 Å². The van der Waals surface area contributed by atoms with Gasteiger partial charge in [0.25, 0.3) is 0 Å². The van der Waals surface area contributed by atoms with E-state index in [2.05, 4.69) is 34.8 Å². The van der Waals surface area contributed by atoms with E-state index in [9.17, 15) is 8.42 Å². The summed E-state index contributed by atoms with van der Waals surface area (Å²) in [5, 5.41) is 0. The number of unbranched alkanes of at least 4 members (excludes halogenated alkanes) is 1. The minimum absolute atomic E-state index is 0.139. The van der Waals surface area contributed by atoms with Crippen LogP contribution in [0.25, 0.3) is 10.2 Å². The molecule has 0 bridgehead atoms. The lowest BCUT2D eigenvalue weighted by Gasteiger charge is -2.08. The fraction of sp³-hybridized carbons (Fsp3) is 0.316. The molecule has 2 aromatic carbocycles. The van der Waals surface area contributed by atoms with Crippen LogP contribution >= 0.6 is 23.1 Å². The number of rotatable bonds is 8.